The molecular weight excluding hydrogens is 370 g/mol. The highest BCUT2D eigenvalue weighted by Crippen LogP contribution is 2.35. The van der Waals surface area contributed by atoms with Crippen molar-refractivity contribution in [1.82, 2.24) is 10.2 Å². The third kappa shape index (κ3) is 3.69. The number of carbonyl (C=O) groups excluding carboxylic acids is 4. The molecule has 9 heteroatoms. The molecule has 1 aromatic rings. The van der Waals surface area contributed by atoms with E-state index >= 15 is 0 Å². The van der Waals surface area contributed by atoms with E-state index in [0.717, 1.165) is 22.6 Å². The fourth-order valence-electron chi connectivity index (χ4n) is 3.52. The molecule has 2 N–H and O–H groups in total. The van der Waals surface area contributed by atoms with Crippen LogP contribution < -0.4 is 10.6 Å². The van der Waals surface area contributed by atoms with Crippen LogP contribution >= 0.6 is 11.3 Å². The minimum absolute atomic E-state index is 0.230. The molecule has 1 saturated carbocycles. The number of imide groups is 1. The number of nitrogens with one attached hydrogen (secondary N) is 2. The number of thiophene rings is 1. The first-order valence-corrected chi connectivity index (χ1v) is 9.95. The SMILES string of the molecule is CCOC(=O)c1cc(CC)sc1NC(=O)CN1C(=O)NC2(CCCC2)C1=O. The minimum Gasteiger partial charge on any atom is -0.462 e. The summed E-state index contributed by atoms with van der Waals surface area (Å²) < 4.78 is 5.03. The molecule has 1 aliphatic carbocycles. The van der Waals surface area contributed by atoms with Gasteiger partial charge < -0.3 is 15.4 Å². The van der Waals surface area contributed by atoms with Crippen LogP contribution in [0.1, 0.15) is 54.8 Å². The van der Waals surface area contributed by atoms with Crippen LogP contribution in [0.25, 0.3) is 0 Å². The van der Waals surface area contributed by atoms with Crippen LogP contribution in [0.4, 0.5) is 9.80 Å². The molecule has 0 radical (unpaired) electrons. The minimum atomic E-state index is -0.842. The molecule has 1 saturated heterocycles. The molecule has 3 rings (SSSR count). The molecule has 8 nitrogen and oxygen atoms in total. The maximum Gasteiger partial charge on any atom is 0.341 e. The van der Waals surface area contributed by atoms with Crippen LogP contribution in [0.2, 0.25) is 0 Å². The van der Waals surface area contributed by atoms with Gasteiger partial charge in [-0.2, -0.15) is 0 Å². The summed E-state index contributed by atoms with van der Waals surface area (Å²) in [5, 5.41) is 5.77. The molecular formula is C18H23N3O5S. The zero-order valence-electron chi connectivity index (χ0n) is 15.4. The average Bonchev–Trinajstić information content (AvgIpc) is 3.31. The van der Waals surface area contributed by atoms with Gasteiger partial charge in [0.25, 0.3) is 5.91 Å². The lowest BCUT2D eigenvalue weighted by Crippen LogP contribution is -2.44. The molecule has 2 fully saturated rings. The van der Waals surface area contributed by atoms with Crippen molar-refractivity contribution in [2.24, 2.45) is 0 Å². The predicted octanol–water partition coefficient (Wildman–Crippen LogP) is 2.29. The van der Waals surface area contributed by atoms with E-state index in [2.05, 4.69) is 10.6 Å². The number of anilines is 1. The molecule has 1 spiro atoms. The van der Waals surface area contributed by atoms with E-state index in [0.29, 0.717) is 24.3 Å². The second kappa shape index (κ2) is 7.67. The van der Waals surface area contributed by atoms with E-state index in [9.17, 15) is 19.2 Å². The zero-order valence-corrected chi connectivity index (χ0v) is 16.2. The third-order valence-corrected chi connectivity index (χ3v) is 6.08. The van der Waals surface area contributed by atoms with Crippen molar-refractivity contribution in [2.45, 2.75) is 51.5 Å². The van der Waals surface area contributed by atoms with Gasteiger partial charge in [-0.25, -0.2) is 9.59 Å². The Hall–Kier alpha value is -2.42. The molecule has 4 amide bonds. The standard InChI is InChI=1S/C18H23N3O5S/c1-3-11-9-12(15(23)26-4-2)14(27-11)19-13(22)10-21-16(24)18(20-17(21)25)7-5-6-8-18/h9H,3-8,10H2,1-2H3,(H,19,22)(H,20,25). The summed E-state index contributed by atoms with van der Waals surface area (Å²) in [6.45, 7) is 3.50. The Morgan fingerprint density at radius 3 is 2.63 bits per heavy atom. The number of nitrogens with zero attached hydrogens (tertiary/aromatic N) is 1. The van der Waals surface area contributed by atoms with Crippen molar-refractivity contribution < 1.29 is 23.9 Å². The van der Waals surface area contributed by atoms with Crippen molar-refractivity contribution in [1.29, 1.82) is 0 Å². The van der Waals surface area contributed by atoms with Gasteiger partial charge in [-0.1, -0.05) is 19.8 Å². The van der Waals surface area contributed by atoms with Gasteiger partial charge in [0.15, 0.2) is 0 Å². The largest absolute Gasteiger partial charge is 0.462 e. The van der Waals surface area contributed by atoms with Gasteiger partial charge in [0.1, 0.15) is 17.1 Å². The number of esters is 1. The summed E-state index contributed by atoms with van der Waals surface area (Å²) in [5.41, 5.74) is -0.553. The number of carbonyl (C=O) groups is 4. The first-order valence-electron chi connectivity index (χ1n) is 9.14. The number of aryl methyl sites for hydroxylation is 1. The zero-order chi connectivity index (χ0) is 19.6. The fourth-order valence-corrected chi connectivity index (χ4v) is 4.52. The van der Waals surface area contributed by atoms with Crippen molar-refractivity contribution in [3.8, 4) is 0 Å². The first kappa shape index (κ1) is 19.3. The molecule has 0 aromatic carbocycles. The van der Waals surface area contributed by atoms with Crippen LogP contribution in [0, 0.1) is 0 Å². The monoisotopic (exact) mass is 393 g/mol. The Morgan fingerprint density at radius 1 is 1.30 bits per heavy atom. The first-order chi connectivity index (χ1) is 12.9. The second-order valence-corrected chi connectivity index (χ2v) is 7.83. The van der Waals surface area contributed by atoms with Crippen molar-refractivity contribution in [3.63, 3.8) is 0 Å². The number of ether oxygens (including phenoxy) is 1. The maximum absolute atomic E-state index is 12.6. The quantitative estimate of drug-likeness (QED) is 0.570. The van der Waals surface area contributed by atoms with E-state index < -0.39 is 23.4 Å². The molecule has 2 aliphatic rings. The summed E-state index contributed by atoms with van der Waals surface area (Å²) in [6, 6.07) is 1.16. The summed E-state index contributed by atoms with van der Waals surface area (Å²) in [5.74, 6) is -1.38. The highest BCUT2D eigenvalue weighted by atomic mass is 32.1. The summed E-state index contributed by atoms with van der Waals surface area (Å²) >= 11 is 1.28. The smallest absolute Gasteiger partial charge is 0.341 e. The van der Waals surface area contributed by atoms with Crippen molar-refractivity contribution in [3.05, 3.63) is 16.5 Å². The second-order valence-electron chi connectivity index (χ2n) is 6.69. The molecule has 146 valence electrons. The third-order valence-electron chi connectivity index (χ3n) is 4.88. The lowest BCUT2D eigenvalue weighted by Gasteiger charge is -2.19. The molecule has 1 aliphatic heterocycles. The molecule has 27 heavy (non-hydrogen) atoms. The van der Waals surface area contributed by atoms with E-state index in [1.807, 2.05) is 6.92 Å². The van der Waals surface area contributed by atoms with Crippen molar-refractivity contribution in [2.75, 3.05) is 18.5 Å². The van der Waals surface area contributed by atoms with E-state index in [-0.39, 0.29) is 24.6 Å². The molecule has 0 bridgehead atoms. The highest BCUT2D eigenvalue weighted by Gasteiger charge is 2.52. The topological polar surface area (TPSA) is 105 Å². The van der Waals surface area contributed by atoms with Crippen LogP contribution in [0.5, 0.6) is 0 Å². The Labute approximate surface area is 161 Å². The van der Waals surface area contributed by atoms with Crippen LogP contribution in [-0.4, -0.2) is 47.4 Å². The van der Waals surface area contributed by atoms with Gasteiger partial charge in [-0.05, 0) is 32.3 Å². The number of urea groups is 1. The predicted molar refractivity (Wildman–Crippen MR) is 99.7 cm³/mol. The summed E-state index contributed by atoms with van der Waals surface area (Å²) in [7, 11) is 0. The van der Waals surface area contributed by atoms with Gasteiger partial charge in [0, 0.05) is 4.88 Å². The van der Waals surface area contributed by atoms with Gasteiger partial charge in [0.2, 0.25) is 5.91 Å². The highest BCUT2D eigenvalue weighted by molar-refractivity contribution is 7.16. The Morgan fingerprint density at radius 2 is 2.00 bits per heavy atom. The van der Waals surface area contributed by atoms with Crippen LogP contribution in [-0.2, 0) is 20.7 Å². The number of hydrogen-bond donors (Lipinski definition) is 2. The fraction of sp³-hybridized carbons (Fsp3) is 0.556. The van der Waals surface area contributed by atoms with E-state index in [1.54, 1.807) is 13.0 Å². The average molecular weight is 393 g/mol. The van der Waals surface area contributed by atoms with Crippen molar-refractivity contribution >= 4 is 40.2 Å². The molecule has 0 atom stereocenters. The Kier molecular flexibility index (Phi) is 5.50. The Bertz CT molecular complexity index is 782. The van der Waals surface area contributed by atoms with Crippen LogP contribution in [0.15, 0.2) is 6.07 Å². The van der Waals surface area contributed by atoms with E-state index in [4.69, 9.17) is 4.74 Å². The summed E-state index contributed by atoms with van der Waals surface area (Å²) in [6.07, 6.45) is 3.68. The number of rotatable bonds is 6. The lowest BCUT2D eigenvalue weighted by atomic mass is 9.98. The summed E-state index contributed by atoms with van der Waals surface area (Å²) in [4.78, 5) is 51.3. The van der Waals surface area contributed by atoms with E-state index in [1.165, 1.54) is 11.3 Å². The van der Waals surface area contributed by atoms with Crippen LogP contribution in [0.3, 0.4) is 0 Å². The molecule has 0 unspecified atom stereocenters. The Balaban J connectivity index is 1.71. The lowest BCUT2D eigenvalue weighted by molar-refractivity contribution is -0.133. The van der Waals surface area contributed by atoms with Gasteiger partial charge in [-0.3, -0.25) is 14.5 Å². The van der Waals surface area contributed by atoms with Gasteiger partial charge >= 0.3 is 12.0 Å². The van der Waals surface area contributed by atoms with Gasteiger partial charge in [0.05, 0.1) is 12.2 Å². The number of amides is 4. The normalized spacial score (nSPS) is 18.1. The van der Waals surface area contributed by atoms with Gasteiger partial charge in [-0.15, -0.1) is 11.3 Å². The molecule has 2 heterocycles. The molecule has 1 aromatic heterocycles. The maximum atomic E-state index is 12.6. The number of hydrogen-bond acceptors (Lipinski definition) is 6.